The normalized spacial score (nSPS) is 10.1. The van der Waals surface area contributed by atoms with Gasteiger partial charge in [0.2, 0.25) is 0 Å². The maximum atomic E-state index is 10.6. The zero-order chi connectivity index (χ0) is 15.1. The Balaban J connectivity index is 1.75. The summed E-state index contributed by atoms with van der Waals surface area (Å²) in [5.41, 5.74) is 0.683. The summed E-state index contributed by atoms with van der Waals surface area (Å²) in [6.45, 7) is 1.48. The van der Waals surface area contributed by atoms with Crippen LogP contribution in [0.4, 0.5) is 17.2 Å². The minimum Gasteiger partial charge on any atom is -0.384 e. The molecule has 6 nitrogen and oxygen atoms in total. The topological polar surface area (TPSA) is 80.1 Å². The second-order valence-corrected chi connectivity index (χ2v) is 4.75. The van der Waals surface area contributed by atoms with E-state index in [1.54, 1.807) is 12.3 Å². The first-order valence-corrected chi connectivity index (χ1v) is 6.87. The number of benzene rings is 1. The highest BCUT2D eigenvalue weighted by Gasteiger charge is 2.08. The first kappa shape index (κ1) is 15.1. The highest BCUT2D eigenvalue weighted by atomic mass is 35.5. The average molecular weight is 307 g/mol. The highest BCUT2D eigenvalue weighted by molar-refractivity contribution is 6.33. The van der Waals surface area contributed by atoms with Crippen LogP contribution in [0.15, 0.2) is 42.6 Å². The van der Waals surface area contributed by atoms with Crippen LogP contribution >= 0.6 is 11.6 Å². The van der Waals surface area contributed by atoms with Gasteiger partial charge in [-0.05, 0) is 24.6 Å². The van der Waals surface area contributed by atoms with Crippen LogP contribution in [0.3, 0.4) is 0 Å². The van der Waals surface area contributed by atoms with Gasteiger partial charge in [-0.25, -0.2) is 4.98 Å². The molecule has 0 saturated carbocycles. The Labute approximate surface area is 127 Å². The van der Waals surface area contributed by atoms with Crippen LogP contribution in [-0.2, 0) is 0 Å². The summed E-state index contributed by atoms with van der Waals surface area (Å²) >= 11 is 5.99. The molecule has 1 heterocycles. The van der Waals surface area contributed by atoms with Gasteiger partial charge in [-0.2, -0.15) is 0 Å². The summed E-state index contributed by atoms with van der Waals surface area (Å²) in [7, 11) is 0. The fraction of sp³-hybridized carbons (Fsp3) is 0.214. The van der Waals surface area contributed by atoms with Gasteiger partial charge >= 0.3 is 0 Å². The molecule has 0 atom stereocenters. The van der Waals surface area contributed by atoms with E-state index in [-0.39, 0.29) is 5.69 Å². The van der Waals surface area contributed by atoms with Gasteiger partial charge in [-0.15, -0.1) is 0 Å². The summed E-state index contributed by atoms with van der Waals surface area (Å²) in [6, 6.07) is 10.1. The van der Waals surface area contributed by atoms with Crippen molar-refractivity contribution in [1.82, 2.24) is 4.98 Å². The second-order valence-electron chi connectivity index (χ2n) is 4.34. The van der Waals surface area contributed by atoms with E-state index in [1.165, 1.54) is 12.1 Å². The fourth-order valence-corrected chi connectivity index (χ4v) is 2.00. The molecule has 7 heteroatoms. The highest BCUT2D eigenvalue weighted by Crippen LogP contribution is 2.26. The van der Waals surface area contributed by atoms with E-state index >= 15 is 0 Å². The third-order valence-electron chi connectivity index (χ3n) is 2.80. The molecule has 1 aromatic heterocycles. The van der Waals surface area contributed by atoms with E-state index < -0.39 is 4.92 Å². The number of hydrogen-bond donors (Lipinski definition) is 2. The number of aromatic nitrogens is 1. The lowest BCUT2D eigenvalue weighted by Gasteiger charge is -2.09. The van der Waals surface area contributed by atoms with E-state index in [4.69, 9.17) is 11.6 Å². The third-order valence-corrected chi connectivity index (χ3v) is 3.12. The predicted molar refractivity (Wildman–Crippen MR) is 83.9 cm³/mol. The van der Waals surface area contributed by atoms with E-state index in [0.717, 1.165) is 18.8 Å². The van der Waals surface area contributed by atoms with Crippen LogP contribution in [0.2, 0.25) is 5.02 Å². The molecule has 0 aliphatic heterocycles. The van der Waals surface area contributed by atoms with Crippen LogP contribution in [0.25, 0.3) is 0 Å². The molecule has 0 aliphatic rings. The van der Waals surface area contributed by atoms with Crippen LogP contribution in [0, 0.1) is 10.1 Å². The molecule has 110 valence electrons. The van der Waals surface area contributed by atoms with Gasteiger partial charge in [-0.1, -0.05) is 17.7 Å². The number of nitrogens with zero attached hydrogens (tertiary/aromatic N) is 2. The molecule has 0 aliphatic carbocycles. The zero-order valence-electron chi connectivity index (χ0n) is 11.3. The number of pyridine rings is 1. The van der Waals surface area contributed by atoms with Gasteiger partial charge in [0.05, 0.1) is 15.6 Å². The molecule has 0 fully saturated rings. The van der Waals surface area contributed by atoms with Crippen LogP contribution in [-0.4, -0.2) is 23.0 Å². The number of non-ortho nitro benzene ring substituents is 1. The number of nitro benzene ring substituents is 1. The molecule has 0 unspecified atom stereocenters. The van der Waals surface area contributed by atoms with Crippen molar-refractivity contribution >= 4 is 28.8 Å². The molecule has 2 N–H and O–H groups in total. The maximum absolute atomic E-state index is 10.6. The molecular formula is C14H15ClN4O2. The molecule has 0 radical (unpaired) electrons. The van der Waals surface area contributed by atoms with Gasteiger partial charge in [-0.3, -0.25) is 10.1 Å². The monoisotopic (exact) mass is 306 g/mol. The molecule has 0 saturated heterocycles. The number of anilines is 2. The minimum absolute atomic E-state index is 0.0117. The Bertz CT molecular complexity index is 607. The lowest BCUT2D eigenvalue weighted by Crippen LogP contribution is -2.10. The third kappa shape index (κ3) is 4.61. The molecule has 1 aromatic carbocycles. The largest absolute Gasteiger partial charge is 0.384 e. The van der Waals surface area contributed by atoms with Gasteiger partial charge in [0.15, 0.2) is 0 Å². The molecule has 2 rings (SSSR count). The molecule has 21 heavy (non-hydrogen) atoms. The Morgan fingerprint density at radius 2 is 2.00 bits per heavy atom. The van der Waals surface area contributed by atoms with E-state index in [9.17, 15) is 10.1 Å². The second kappa shape index (κ2) is 7.44. The number of nitrogens with one attached hydrogen (secondary N) is 2. The van der Waals surface area contributed by atoms with E-state index in [1.807, 2.05) is 18.2 Å². The van der Waals surface area contributed by atoms with Crippen molar-refractivity contribution in [3.63, 3.8) is 0 Å². The quantitative estimate of drug-likeness (QED) is 0.464. The summed E-state index contributed by atoms with van der Waals surface area (Å²) in [6.07, 6.45) is 2.60. The number of nitro groups is 1. The van der Waals surface area contributed by atoms with Crippen molar-refractivity contribution in [3.05, 3.63) is 57.7 Å². The molecule has 0 bridgehead atoms. The van der Waals surface area contributed by atoms with Gasteiger partial charge in [0, 0.05) is 31.4 Å². The van der Waals surface area contributed by atoms with Crippen molar-refractivity contribution in [3.8, 4) is 0 Å². The van der Waals surface area contributed by atoms with Gasteiger partial charge in [0.1, 0.15) is 5.82 Å². The van der Waals surface area contributed by atoms with Gasteiger partial charge < -0.3 is 10.6 Å². The fourth-order valence-electron chi connectivity index (χ4n) is 1.76. The number of rotatable bonds is 7. The Kier molecular flexibility index (Phi) is 5.34. The average Bonchev–Trinajstić information content (AvgIpc) is 2.49. The molecule has 0 spiro atoms. The first-order valence-electron chi connectivity index (χ1n) is 6.49. The van der Waals surface area contributed by atoms with Crippen LogP contribution in [0.5, 0.6) is 0 Å². The Morgan fingerprint density at radius 3 is 2.67 bits per heavy atom. The number of halogens is 1. The molecule has 0 amide bonds. The minimum atomic E-state index is -0.466. The number of hydrogen-bond acceptors (Lipinski definition) is 5. The SMILES string of the molecule is O=[N+]([O-])c1ccc(NCCCNc2ccccn2)c(Cl)c1. The summed E-state index contributed by atoms with van der Waals surface area (Å²) in [4.78, 5) is 14.3. The van der Waals surface area contributed by atoms with E-state index in [2.05, 4.69) is 15.6 Å². The van der Waals surface area contributed by atoms with E-state index in [0.29, 0.717) is 17.3 Å². The smallest absolute Gasteiger partial charge is 0.271 e. The van der Waals surface area contributed by atoms with Crippen molar-refractivity contribution < 1.29 is 4.92 Å². The lowest BCUT2D eigenvalue weighted by atomic mass is 10.2. The lowest BCUT2D eigenvalue weighted by molar-refractivity contribution is -0.384. The van der Waals surface area contributed by atoms with Crippen molar-refractivity contribution in [1.29, 1.82) is 0 Å². The van der Waals surface area contributed by atoms with Gasteiger partial charge in [0.25, 0.3) is 5.69 Å². The Hall–Kier alpha value is -2.34. The van der Waals surface area contributed by atoms with Crippen molar-refractivity contribution in [2.24, 2.45) is 0 Å². The molecule has 2 aromatic rings. The summed E-state index contributed by atoms with van der Waals surface area (Å²) in [5, 5.41) is 17.3. The summed E-state index contributed by atoms with van der Waals surface area (Å²) < 4.78 is 0. The summed E-state index contributed by atoms with van der Waals surface area (Å²) in [5.74, 6) is 0.839. The molecular weight excluding hydrogens is 292 g/mol. The zero-order valence-corrected chi connectivity index (χ0v) is 12.0. The first-order chi connectivity index (χ1) is 10.2. The van der Waals surface area contributed by atoms with Crippen molar-refractivity contribution in [2.75, 3.05) is 23.7 Å². The van der Waals surface area contributed by atoms with Crippen LogP contribution < -0.4 is 10.6 Å². The standard InChI is InChI=1S/C14H15ClN4O2/c15-12-10-11(19(20)21)5-6-13(12)16-8-3-9-18-14-4-1-2-7-17-14/h1-2,4-7,10,16H,3,8-9H2,(H,17,18). The maximum Gasteiger partial charge on any atom is 0.271 e. The predicted octanol–water partition coefficient (Wildman–Crippen LogP) is 3.56. The Morgan fingerprint density at radius 1 is 1.19 bits per heavy atom. The van der Waals surface area contributed by atoms with Crippen LogP contribution in [0.1, 0.15) is 6.42 Å². The van der Waals surface area contributed by atoms with Crippen molar-refractivity contribution in [2.45, 2.75) is 6.42 Å².